The van der Waals surface area contributed by atoms with Crippen molar-refractivity contribution in [2.45, 2.75) is 11.8 Å². The topological polar surface area (TPSA) is 12.9 Å². The second-order valence-electron chi connectivity index (χ2n) is 4.69. The lowest BCUT2D eigenvalue weighted by atomic mass is 10.0. The summed E-state index contributed by atoms with van der Waals surface area (Å²) in [5.74, 6) is 0. The van der Waals surface area contributed by atoms with Gasteiger partial charge in [-0.05, 0) is 13.0 Å². The highest BCUT2D eigenvalue weighted by Crippen LogP contribution is 2.27. The Kier molecular flexibility index (Phi) is 3.48. The monoisotopic (exact) mass is 275 g/mol. The molecule has 0 aliphatic carbocycles. The molecule has 0 fully saturated rings. The minimum absolute atomic E-state index is 0.845. The van der Waals surface area contributed by atoms with E-state index in [1.165, 1.54) is 5.56 Å². The second kappa shape index (κ2) is 5.43. The number of pyridine rings is 1. The number of hydrogen-bond acceptors (Lipinski definition) is 2. The zero-order valence-corrected chi connectivity index (χ0v) is 11.9. The summed E-state index contributed by atoms with van der Waals surface area (Å²) in [6, 6.07) is 21.5. The lowest BCUT2D eigenvalue weighted by Crippen LogP contribution is -1.87. The Morgan fingerprint density at radius 2 is 1.75 bits per heavy atom. The van der Waals surface area contributed by atoms with Crippen LogP contribution in [0.3, 0.4) is 0 Å². The van der Waals surface area contributed by atoms with Gasteiger partial charge >= 0.3 is 0 Å². The molecule has 2 aromatic carbocycles. The Hall–Kier alpha value is -2.19. The zero-order valence-electron chi connectivity index (χ0n) is 11.1. The summed E-state index contributed by atoms with van der Waals surface area (Å²) in [5, 5.41) is 0. The van der Waals surface area contributed by atoms with Crippen LogP contribution in [-0.2, 0) is 12.6 Å². The number of nitrogens with zero attached hydrogens (tertiary/aromatic N) is 1. The maximum absolute atomic E-state index is 5.38. The molecule has 0 saturated carbocycles. The summed E-state index contributed by atoms with van der Waals surface area (Å²) in [6.07, 6.45) is 1.83. The zero-order chi connectivity index (χ0) is 13.9. The highest BCUT2D eigenvalue weighted by molar-refractivity contribution is 7.59. The molecular formula is C18H13NS-2. The van der Waals surface area contributed by atoms with Crippen molar-refractivity contribution < 1.29 is 0 Å². The Balaban J connectivity index is 2.09. The summed E-state index contributed by atoms with van der Waals surface area (Å²) in [6.45, 7) is 2.06. The van der Waals surface area contributed by atoms with Gasteiger partial charge in [-0.25, -0.2) is 4.90 Å². The van der Waals surface area contributed by atoms with E-state index in [-0.39, 0.29) is 0 Å². The first-order chi connectivity index (χ1) is 9.74. The molecule has 0 bridgehead atoms. The Labute approximate surface area is 124 Å². The van der Waals surface area contributed by atoms with Gasteiger partial charge < -0.3 is 12.6 Å². The van der Waals surface area contributed by atoms with Crippen LogP contribution in [0.5, 0.6) is 0 Å². The largest absolute Gasteiger partial charge is 0.787 e. The number of benzene rings is 2. The molecule has 2 heteroatoms. The summed E-state index contributed by atoms with van der Waals surface area (Å²) in [7, 11) is 0. The lowest BCUT2D eigenvalue weighted by Gasteiger charge is -2.19. The van der Waals surface area contributed by atoms with E-state index in [4.69, 9.17) is 12.6 Å². The Morgan fingerprint density at radius 1 is 0.950 bits per heavy atom. The van der Waals surface area contributed by atoms with Gasteiger partial charge in [0.1, 0.15) is 0 Å². The molecule has 3 rings (SSSR count). The van der Waals surface area contributed by atoms with Crippen LogP contribution in [0, 0.1) is 13.0 Å². The molecule has 0 amide bonds. The fourth-order valence-electron chi connectivity index (χ4n) is 2.15. The first kappa shape index (κ1) is 12.8. The summed E-state index contributed by atoms with van der Waals surface area (Å²) < 4.78 is 0. The Morgan fingerprint density at radius 3 is 2.55 bits per heavy atom. The first-order valence-electron chi connectivity index (χ1n) is 6.46. The normalized spacial score (nSPS) is 10.4. The number of aromatic nitrogens is 1. The third-order valence-electron chi connectivity index (χ3n) is 3.16. The second-order valence-corrected chi connectivity index (χ2v) is 5.13. The van der Waals surface area contributed by atoms with Gasteiger partial charge in [0, 0.05) is 11.9 Å². The molecule has 1 aromatic heterocycles. The number of aryl methyl sites for hydroxylation is 1. The van der Waals surface area contributed by atoms with E-state index in [2.05, 4.69) is 24.0 Å². The van der Waals surface area contributed by atoms with E-state index in [1.807, 2.05) is 54.7 Å². The summed E-state index contributed by atoms with van der Waals surface area (Å²) >= 11 is 5.38. The quantitative estimate of drug-likeness (QED) is 0.507. The van der Waals surface area contributed by atoms with Crippen molar-refractivity contribution in [1.29, 1.82) is 0 Å². The molecule has 0 spiro atoms. The predicted molar refractivity (Wildman–Crippen MR) is 84.3 cm³/mol. The molecule has 20 heavy (non-hydrogen) atoms. The van der Waals surface area contributed by atoms with Crippen LogP contribution in [0.4, 0.5) is 0 Å². The van der Waals surface area contributed by atoms with Gasteiger partial charge in [-0.2, -0.15) is 0 Å². The average molecular weight is 275 g/mol. The molecule has 0 unspecified atom stereocenters. The average Bonchev–Trinajstić information content (AvgIpc) is 2.48. The van der Waals surface area contributed by atoms with E-state index in [0.717, 1.165) is 27.3 Å². The molecule has 1 heterocycles. The lowest BCUT2D eigenvalue weighted by molar-refractivity contribution is 1.28. The standard InChI is InChI=1S/C18H14NS/c1-13-9-10-19-17(11-13)15-6-4-5-14(12-15)16-7-2-3-8-18(16)20/h2-11,20H,1H3/q-1/p-1. The van der Waals surface area contributed by atoms with Crippen LogP contribution in [0.2, 0.25) is 0 Å². The van der Waals surface area contributed by atoms with E-state index in [1.54, 1.807) is 0 Å². The third kappa shape index (κ3) is 2.56. The third-order valence-corrected chi connectivity index (χ3v) is 3.52. The highest BCUT2D eigenvalue weighted by atomic mass is 32.1. The minimum Gasteiger partial charge on any atom is -0.787 e. The van der Waals surface area contributed by atoms with E-state index >= 15 is 0 Å². The van der Waals surface area contributed by atoms with Crippen LogP contribution in [0.15, 0.2) is 65.7 Å². The molecule has 0 radical (unpaired) electrons. The fraction of sp³-hybridized carbons (Fsp3) is 0.0556. The van der Waals surface area contributed by atoms with Gasteiger partial charge in [0.05, 0.1) is 0 Å². The summed E-state index contributed by atoms with van der Waals surface area (Å²) in [4.78, 5) is 5.26. The van der Waals surface area contributed by atoms with Crippen molar-refractivity contribution in [3.05, 3.63) is 72.4 Å². The van der Waals surface area contributed by atoms with Gasteiger partial charge in [-0.1, -0.05) is 41.5 Å². The predicted octanol–water partition coefficient (Wildman–Crippen LogP) is 4.43. The molecule has 0 atom stereocenters. The van der Waals surface area contributed by atoms with Crippen LogP contribution in [0.1, 0.15) is 5.56 Å². The minimum atomic E-state index is 0.845. The van der Waals surface area contributed by atoms with Crippen molar-refractivity contribution in [3.8, 4) is 22.4 Å². The fourth-order valence-corrected chi connectivity index (χ4v) is 2.40. The molecule has 1 nitrogen and oxygen atoms in total. The molecule has 0 aliphatic rings. The first-order valence-corrected chi connectivity index (χ1v) is 6.86. The maximum Gasteiger partial charge on any atom is 0.0185 e. The molecular weight excluding hydrogens is 262 g/mol. The smallest absolute Gasteiger partial charge is 0.0185 e. The van der Waals surface area contributed by atoms with Crippen molar-refractivity contribution >= 4 is 12.6 Å². The molecule has 3 aromatic rings. The van der Waals surface area contributed by atoms with Gasteiger partial charge in [-0.15, -0.1) is 35.4 Å². The SMILES string of the molecule is Cc1ccnc(-c2[c-]c(-c3ccccc3[S-])ccc2)c1. The van der Waals surface area contributed by atoms with Crippen molar-refractivity contribution in [2.75, 3.05) is 0 Å². The number of rotatable bonds is 2. The number of hydrogen-bond donors (Lipinski definition) is 0. The van der Waals surface area contributed by atoms with Crippen molar-refractivity contribution in [2.24, 2.45) is 0 Å². The van der Waals surface area contributed by atoms with Crippen LogP contribution in [0.25, 0.3) is 22.4 Å². The van der Waals surface area contributed by atoms with Crippen LogP contribution < -0.4 is 0 Å². The van der Waals surface area contributed by atoms with Gasteiger partial charge in [-0.3, -0.25) is 4.98 Å². The molecule has 0 N–H and O–H groups in total. The molecule has 0 saturated heterocycles. The van der Waals surface area contributed by atoms with Crippen molar-refractivity contribution in [3.63, 3.8) is 0 Å². The van der Waals surface area contributed by atoms with Gasteiger partial charge in [0.25, 0.3) is 0 Å². The van der Waals surface area contributed by atoms with Crippen LogP contribution in [-0.4, -0.2) is 4.98 Å². The maximum atomic E-state index is 5.38. The van der Waals surface area contributed by atoms with Gasteiger partial charge in [0.15, 0.2) is 0 Å². The van der Waals surface area contributed by atoms with Gasteiger partial charge in [0.2, 0.25) is 0 Å². The van der Waals surface area contributed by atoms with E-state index in [9.17, 15) is 0 Å². The summed E-state index contributed by atoms with van der Waals surface area (Å²) in [5.41, 5.74) is 5.17. The molecule has 98 valence electrons. The van der Waals surface area contributed by atoms with E-state index < -0.39 is 0 Å². The highest BCUT2D eigenvalue weighted by Gasteiger charge is 1.96. The molecule has 0 aliphatic heterocycles. The Bertz CT molecular complexity index is 750. The van der Waals surface area contributed by atoms with Crippen LogP contribution >= 0.6 is 0 Å². The van der Waals surface area contributed by atoms with E-state index in [0.29, 0.717) is 0 Å². The van der Waals surface area contributed by atoms with Crippen molar-refractivity contribution in [1.82, 2.24) is 4.98 Å².